The molecule has 0 atom stereocenters. The fourth-order valence-electron chi connectivity index (χ4n) is 2.60. The smallest absolute Gasteiger partial charge is 0.250 e. The highest BCUT2D eigenvalue weighted by atomic mass is 28.4. The Hall–Kier alpha value is -0.243. The van der Waals surface area contributed by atoms with Crippen molar-refractivity contribution in [3.8, 4) is 0 Å². The summed E-state index contributed by atoms with van der Waals surface area (Å²) in [5.74, 6) is 1.06. The van der Waals surface area contributed by atoms with Crippen LogP contribution in [0.4, 0.5) is 0 Å². The molecule has 0 aromatic carbocycles. The molecule has 114 valence electrons. The third-order valence-electron chi connectivity index (χ3n) is 4.35. The van der Waals surface area contributed by atoms with E-state index in [9.17, 15) is 0 Å². The zero-order valence-corrected chi connectivity index (χ0v) is 14.9. The Morgan fingerprint density at radius 1 is 0.789 bits per heavy atom. The molecule has 1 nitrogen and oxygen atoms in total. The summed E-state index contributed by atoms with van der Waals surface area (Å²) in [6.07, 6.45) is 10.6. The van der Waals surface area contributed by atoms with Crippen molar-refractivity contribution in [2.45, 2.75) is 97.2 Å². The highest BCUT2D eigenvalue weighted by Gasteiger charge is 2.30. The Balaban J connectivity index is 3.69. The second-order valence-corrected chi connectivity index (χ2v) is 10.4. The number of hydrogen-bond donors (Lipinski definition) is 0. The number of unbranched alkanes of at least 4 members (excludes halogenated alkanes) is 6. The van der Waals surface area contributed by atoms with Crippen molar-refractivity contribution in [2.24, 2.45) is 0 Å². The van der Waals surface area contributed by atoms with Gasteiger partial charge < -0.3 is 4.43 Å². The maximum atomic E-state index is 6.28. The van der Waals surface area contributed by atoms with Crippen molar-refractivity contribution in [2.75, 3.05) is 0 Å². The molecule has 0 saturated heterocycles. The lowest BCUT2D eigenvalue weighted by Crippen LogP contribution is -2.35. The summed E-state index contributed by atoms with van der Waals surface area (Å²) in [5.41, 5.74) is 0. The summed E-state index contributed by atoms with van der Waals surface area (Å²) in [5, 5.41) is 0. The Morgan fingerprint density at radius 2 is 1.26 bits per heavy atom. The van der Waals surface area contributed by atoms with Crippen molar-refractivity contribution in [3.63, 3.8) is 0 Å². The Labute approximate surface area is 123 Å². The summed E-state index contributed by atoms with van der Waals surface area (Å²) in [6.45, 7) is 13.2. The molecule has 0 aliphatic heterocycles. The average molecular weight is 285 g/mol. The van der Waals surface area contributed by atoms with Crippen LogP contribution in [-0.2, 0) is 4.43 Å². The van der Waals surface area contributed by atoms with Crippen LogP contribution in [0, 0.1) is 0 Å². The zero-order valence-electron chi connectivity index (χ0n) is 13.9. The van der Waals surface area contributed by atoms with E-state index in [1.807, 2.05) is 0 Å². The van der Waals surface area contributed by atoms with Crippen molar-refractivity contribution < 1.29 is 4.43 Å². The van der Waals surface area contributed by atoms with Gasteiger partial charge in [-0.25, -0.2) is 0 Å². The van der Waals surface area contributed by atoms with Crippen LogP contribution in [0.15, 0.2) is 12.3 Å². The molecule has 0 rings (SSSR count). The third-order valence-corrected chi connectivity index (χ3v) is 8.94. The number of allylic oxidation sites excluding steroid dienone is 1. The van der Waals surface area contributed by atoms with Gasteiger partial charge in [0.2, 0.25) is 8.32 Å². The topological polar surface area (TPSA) is 9.23 Å². The zero-order chi connectivity index (χ0) is 14.6. The molecule has 0 heterocycles. The lowest BCUT2D eigenvalue weighted by molar-refractivity contribution is 0.379. The molecule has 0 fully saturated rings. The van der Waals surface area contributed by atoms with Gasteiger partial charge in [0.25, 0.3) is 0 Å². The fourth-order valence-corrected chi connectivity index (χ4v) is 5.25. The molecule has 19 heavy (non-hydrogen) atoms. The molecule has 0 saturated carbocycles. The van der Waals surface area contributed by atoms with E-state index >= 15 is 0 Å². The fraction of sp³-hybridized carbons (Fsp3) is 0.882. The lowest BCUT2D eigenvalue weighted by Gasteiger charge is -2.30. The van der Waals surface area contributed by atoms with E-state index in [0.717, 1.165) is 12.2 Å². The standard InChI is InChI=1S/C17H36OSi/c1-6-10-11-12-13-14-15-16-17(5)18-19(7-2,8-3)9-4/h5-16H2,1-4H3. The van der Waals surface area contributed by atoms with Crippen LogP contribution in [-0.4, -0.2) is 8.32 Å². The molecule has 0 amide bonds. The van der Waals surface area contributed by atoms with Gasteiger partial charge in [0.15, 0.2) is 0 Å². The van der Waals surface area contributed by atoms with Gasteiger partial charge in [0.05, 0.1) is 5.76 Å². The summed E-state index contributed by atoms with van der Waals surface area (Å²) in [6, 6.07) is 3.65. The first kappa shape index (κ1) is 18.8. The highest BCUT2D eigenvalue weighted by molar-refractivity contribution is 6.73. The van der Waals surface area contributed by atoms with Gasteiger partial charge in [0, 0.05) is 6.42 Å². The van der Waals surface area contributed by atoms with E-state index in [1.54, 1.807) is 0 Å². The van der Waals surface area contributed by atoms with Gasteiger partial charge >= 0.3 is 0 Å². The predicted molar refractivity (Wildman–Crippen MR) is 90.0 cm³/mol. The summed E-state index contributed by atoms with van der Waals surface area (Å²) in [7, 11) is -1.47. The maximum absolute atomic E-state index is 6.28. The van der Waals surface area contributed by atoms with E-state index in [-0.39, 0.29) is 0 Å². The molecule has 0 spiro atoms. The van der Waals surface area contributed by atoms with Crippen LogP contribution in [0.25, 0.3) is 0 Å². The van der Waals surface area contributed by atoms with Crippen LogP contribution in [0.3, 0.4) is 0 Å². The molecule has 0 aromatic heterocycles. The molecule has 0 bridgehead atoms. The maximum Gasteiger partial charge on any atom is 0.250 e. The molecule has 0 unspecified atom stereocenters. The minimum atomic E-state index is -1.47. The molecule has 0 aliphatic carbocycles. The molecule has 0 aromatic rings. The minimum absolute atomic E-state index is 1.06. The van der Waals surface area contributed by atoms with Crippen LogP contribution in [0.2, 0.25) is 18.1 Å². The van der Waals surface area contributed by atoms with Crippen molar-refractivity contribution in [1.29, 1.82) is 0 Å². The van der Waals surface area contributed by atoms with Crippen molar-refractivity contribution in [1.82, 2.24) is 0 Å². The first-order valence-corrected chi connectivity index (χ1v) is 11.0. The monoisotopic (exact) mass is 284 g/mol. The van der Waals surface area contributed by atoms with E-state index in [4.69, 9.17) is 4.43 Å². The third kappa shape index (κ3) is 8.51. The SMILES string of the molecule is C=C(CCCCCCCCC)O[Si](CC)(CC)CC. The van der Waals surface area contributed by atoms with E-state index in [1.165, 1.54) is 63.1 Å². The quantitative estimate of drug-likeness (QED) is 0.209. The number of hydrogen-bond acceptors (Lipinski definition) is 1. The first-order chi connectivity index (χ1) is 9.14. The second-order valence-electron chi connectivity index (χ2n) is 5.76. The predicted octanol–water partition coefficient (Wildman–Crippen LogP) is 6.66. The van der Waals surface area contributed by atoms with Gasteiger partial charge in [-0.1, -0.05) is 72.8 Å². The molecule has 2 heteroatoms. The molecular formula is C17H36OSi. The minimum Gasteiger partial charge on any atom is -0.547 e. The van der Waals surface area contributed by atoms with E-state index < -0.39 is 8.32 Å². The summed E-state index contributed by atoms with van der Waals surface area (Å²) < 4.78 is 6.28. The van der Waals surface area contributed by atoms with Gasteiger partial charge in [-0.3, -0.25) is 0 Å². The lowest BCUT2D eigenvalue weighted by atomic mass is 10.1. The largest absolute Gasteiger partial charge is 0.547 e. The van der Waals surface area contributed by atoms with Gasteiger partial charge in [0.1, 0.15) is 0 Å². The van der Waals surface area contributed by atoms with Gasteiger partial charge in [-0.15, -0.1) is 0 Å². The first-order valence-electron chi connectivity index (χ1n) is 8.50. The summed E-state index contributed by atoms with van der Waals surface area (Å²) >= 11 is 0. The van der Waals surface area contributed by atoms with Crippen molar-refractivity contribution >= 4 is 8.32 Å². The highest BCUT2D eigenvalue weighted by Crippen LogP contribution is 2.26. The molecule has 0 aliphatic rings. The van der Waals surface area contributed by atoms with Crippen molar-refractivity contribution in [3.05, 3.63) is 12.3 Å². The molecular weight excluding hydrogens is 248 g/mol. The Morgan fingerprint density at radius 3 is 1.74 bits per heavy atom. The Kier molecular flexibility index (Phi) is 11.4. The molecule has 0 radical (unpaired) electrons. The molecule has 0 N–H and O–H groups in total. The van der Waals surface area contributed by atoms with E-state index in [0.29, 0.717) is 0 Å². The van der Waals surface area contributed by atoms with Crippen LogP contribution in [0.1, 0.15) is 79.1 Å². The normalized spacial score (nSPS) is 11.6. The van der Waals surface area contributed by atoms with Crippen LogP contribution >= 0.6 is 0 Å². The summed E-state index contributed by atoms with van der Waals surface area (Å²) in [4.78, 5) is 0. The van der Waals surface area contributed by atoms with E-state index in [2.05, 4.69) is 34.3 Å². The van der Waals surface area contributed by atoms with Gasteiger partial charge in [-0.05, 0) is 24.6 Å². The van der Waals surface area contributed by atoms with Crippen LogP contribution in [0.5, 0.6) is 0 Å². The number of rotatable bonds is 13. The van der Waals surface area contributed by atoms with Crippen LogP contribution < -0.4 is 0 Å². The second kappa shape index (κ2) is 11.6. The average Bonchev–Trinajstić information content (AvgIpc) is 2.44. The van der Waals surface area contributed by atoms with Gasteiger partial charge in [-0.2, -0.15) is 0 Å². The Bertz CT molecular complexity index is 213.